The van der Waals surface area contributed by atoms with Gasteiger partial charge < -0.3 is 10.1 Å². The molecule has 1 aliphatic heterocycles. The van der Waals surface area contributed by atoms with Gasteiger partial charge in [0.15, 0.2) is 0 Å². The second kappa shape index (κ2) is 3.87. The first kappa shape index (κ1) is 10.3. The molecule has 1 aromatic carbocycles. The Hall–Kier alpha value is -1.84. The molecule has 0 fully saturated rings. The number of nitrogens with zero attached hydrogens (tertiary/aromatic N) is 1. The summed E-state index contributed by atoms with van der Waals surface area (Å²) in [6.07, 6.45) is 1.83. The summed E-state index contributed by atoms with van der Waals surface area (Å²) in [5.74, 6) is 0.395. The predicted molar refractivity (Wildman–Crippen MR) is 65.1 cm³/mol. The maximum absolute atomic E-state index is 13.9. The van der Waals surface area contributed by atoms with Crippen molar-refractivity contribution in [1.82, 2.24) is 4.98 Å². The Bertz CT molecular complexity index is 583. The summed E-state index contributed by atoms with van der Waals surface area (Å²) in [5.41, 5.74) is 2.43. The minimum atomic E-state index is -0.243. The molecule has 1 aromatic heterocycles. The first-order valence-electron chi connectivity index (χ1n) is 5.73. The van der Waals surface area contributed by atoms with Crippen LogP contribution in [0.3, 0.4) is 0 Å². The number of ether oxygens (including phenoxy) is 1. The maximum atomic E-state index is 13.9. The molecule has 0 saturated heterocycles. The van der Waals surface area contributed by atoms with E-state index in [1.807, 2.05) is 0 Å². The van der Waals surface area contributed by atoms with Gasteiger partial charge in [-0.15, -0.1) is 0 Å². The van der Waals surface area contributed by atoms with Crippen molar-refractivity contribution in [3.63, 3.8) is 0 Å². The van der Waals surface area contributed by atoms with Crippen LogP contribution < -0.4 is 10.1 Å². The molecule has 0 amide bonds. The molecule has 1 N–H and O–H groups in total. The highest BCUT2D eigenvalue weighted by atomic mass is 19.1. The fourth-order valence-electron chi connectivity index (χ4n) is 2.33. The van der Waals surface area contributed by atoms with Gasteiger partial charge in [0.2, 0.25) is 5.88 Å². The number of nitrogens with one attached hydrogen (secondary N) is 1. The Kier molecular flexibility index (Phi) is 2.35. The lowest BCUT2D eigenvalue weighted by Crippen LogP contribution is -2.12. The summed E-state index contributed by atoms with van der Waals surface area (Å²) in [6, 6.07) is 4.93. The van der Waals surface area contributed by atoms with Gasteiger partial charge in [-0.1, -0.05) is 6.07 Å². The largest absolute Gasteiger partial charge is 0.477 e. The molecule has 3 nitrogen and oxygen atoms in total. The van der Waals surface area contributed by atoms with Crippen LogP contribution >= 0.6 is 0 Å². The van der Waals surface area contributed by atoms with Crippen LogP contribution in [0.25, 0.3) is 10.9 Å². The molecule has 4 heteroatoms. The van der Waals surface area contributed by atoms with Gasteiger partial charge in [-0.2, -0.15) is 0 Å². The number of halogens is 1. The third kappa shape index (κ3) is 1.52. The Morgan fingerprint density at radius 3 is 3.12 bits per heavy atom. The Labute approximate surface area is 98.6 Å². The van der Waals surface area contributed by atoms with Crippen molar-refractivity contribution in [2.75, 3.05) is 19.0 Å². The van der Waals surface area contributed by atoms with E-state index < -0.39 is 0 Å². The van der Waals surface area contributed by atoms with Crippen LogP contribution in [0.15, 0.2) is 18.2 Å². The molecule has 0 atom stereocenters. The normalized spacial score (nSPS) is 14.2. The quantitative estimate of drug-likeness (QED) is 0.820. The Morgan fingerprint density at radius 2 is 2.29 bits per heavy atom. The van der Waals surface area contributed by atoms with Crippen molar-refractivity contribution in [1.29, 1.82) is 0 Å². The third-order valence-corrected chi connectivity index (χ3v) is 3.08. The molecule has 0 radical (unpaired) electrons. The van der Waals surface area contributed by atoms with E-state index >= 15 is 0 Å². The van der Waals surface area contributed by atoms with E-state index in [0.29, 0.717) is 23.4 Å². The standard InChI is InChI=1S/C13H13FN2O/c1-15-12-8-4-3-7-17-13(8)16-10-6-2-5-9(14)11(10)12/h2,5-6H,3-4,7H2,1H3,(H,15,16). The van der Waals surface area contributed by atoms with E-state index in [9.17, 15) is 4.39 Å². The second-order valence-electron chi connectivity index (χ2n) is 4.11. The van der Waals surface area contributed by atoms with Gasteiger partial charge in [0.1, 0.15) is 5.82 Å². The fourth-order valence-corrected chi connectivity index (χ4v) is 2.33. The van der Waals surface area contributed by atoms with Crippen molar-refractivity contribution in [3.05, 3.63) is 29.6 Å². The van der Waals surface area contributed by atoms with Gasteiger partial charge in [-0.05, 0) is 25.0 Å². The fraction of sp³-hybridized carbons (Fsp3) is 0.308. The van der Waals surface area contributed by atoms with Crippen LogP contribution in [0.5, 0.6) is 5.88 Å². The Balaban J connectivity index is 2.40. The highest BCUT2D eigenvalue weighted by Gasteiger charge is 2.20. The van der Waals surface area contributed by atoms with E-state index in [2.05, 4.69) is 10.3 Å². The number of hydrogen-bond acceptors (Lipinski definition) is 3. The molecule has 0 bridgehead atoms. The summed E-state index contributed by atoms with van der Waals surface area (Å²) >= 11 is 0. The third-order valence-electron chi connectivity index (χ3n) is 3.08. The van der Waals surface area contributed by atoms with Crippen molar-refractivity contribution in [3.8, 4) is 5.88 Å². The van der Waals surface area contributed by atoms with Crippen molar-refractivity contribution in [2.24, 2.45) is 0 Å². The number of aromatic nitrogens is 1. The minimum Gasteiger partial charge on any atom is -0.477 e. The van der Waals surface area contributed by atoms with Crippen LogP contribution in [0, 0.1) is 5.82 Å². The van der Waals surface area contributed by atoms with Crippen molar-refractivity contribution >= 4 is 16.6 Å². The highest BCUT2D eigenvalue weighted by molar-refractivity contribution is 5.94. The smallest absolute Gasteiger partial charge is 0.219 e. The van der Waals surface area contributed by atoms with Gasteiger partial charge in [0.05, 0.1) is 23.2 Å². The van der Waals surface area contributed by atoms with E-state index in [1.165, 1.54) is 6.07 Å². The summed E-state index contributed by atoms with van der Waals surface area (Å²) in [6.45, 7) is 0.685. The summed E-state index contributed by atoms with van der Waals surface area (Å²) in [4.78, 5) is 4.38. The topological polar surface area (TPSA) is 34.2 Å². The molecule has 3 rings (SSSR count). The summed E-state index contributed by atoms with van der Waals surface area (Å²) in [7, 11) is 1.80. The van der Waals surface area contributed by atoms with E-state index in [4.69, 9.17) is 4.74 Å². The maximum Gasteiger partial charge on any atom is 0.219 e. The van der Waals surface area contributed by atoms with Crippen LogP contribution in [0.2, 0.25) is 0 Å². The van der Waals surface area contributed by atoms with Gasteiger partial charge in [0, 0.05) is 12.6 Å². The molecule has 0 unspecified atom stereocenters. The number of rotatable bonds is 1. The molecule has 0 spiro atoms. The Morgan fingerprint density at radius 1 is 1.41 bits per heavy atom. The molecule has 88 valence electrons. The first-order valence-corrected chi connectivity index (χ1v) is 5.73. The molecule has 0 aliphatic carbocycles. The monoisotopic (exact) mass is 232 g/mol. The molecular weight excluding hydrogens is 219 g/mol. The lowest BCUT2D eigenvalue weighted by Gasteiger charge is -2.20. The average molecular weight is 232 g/mol. The number of benzene rings is 1. The molecule has 1 aliphatic rings. The summed E-state index contributed by atoms with van der Waals surface area (Å²) < 4.78 is 19.4. The van der Waals surface area contributed by atoms with Gasteiger partial charge >= 0.3 is 0 Å². The molecule has 2 aromatic rings. The highest BCUT2D eigenvalue weighted by Crippen LogP contribution is 2.36. The second-order valence-corrected chi connectivity index (χ2v) is 4.11. The average Bonchev–Trinajstić information content (AvgIpc) is 2.36. The molecule has 0 saturated carbocycles. The lowest BCUT2D eigenvalue weighted by molar-refractivity contribution is 0.278. The minimum absolute atomic E-state index is 0.243. The zero-order chi connectivity index (χ0) is 11.8. The van der Waals surface area contributed by atoms with Crippen molar-refractivity contribution in [2.45, 2.75) is 12.8 Å². The SMILES string of the molecule is CNc1c2c(nc3cccc(F)c13)OCCC2. The summed E-state index contributed by atoms with van der Waals surface area (Å²) in [5, 5.41) is 3.63. The molecule has 2 heterocycles. The van der Waals surface area contributed by atoms with E-state index in [0.717, 1.165) is 24.1 Å². The first-order chi connectivity index (χ1) is 8.31. The molecular formula is C13H13FN2O. The molecule has 17 heavy (non-hydrogen) atoms. The van der Waals surface area contributed by atoms with Crippen LogP contribution in [0.4, 0.5) is 10.1 Å². The lowest BCUT2D eigenvalue weighted by atomic mass is 10.0. The number of hydrogen-bond donors (Lipinski definition) is 1. The zero-order valence-corrected chi connectivity index (χ0v) is 9.59. The van der Waals surface area contributed by atoms with Crippen LogP contribution in [-0.4, -0.2) is 18.6 Å². The van der Waals surface area contributed by atoms with Gasteiger partial charge in [-0.25, -0.2) is 9.37 Å². The number of fused-ring (bicyclic) bond motifs is 2. The van der Waals surface area contributed by atoms with Crippen LogP contribution in [0.1, 0.15) is 12.0 Å². The van der Waals surface area contributed by atoms with E-state index in [1.54, 1.807) is 19.2 Å². The van der Waals surface area contributed by atoms with Gasteiger partial charge in [-0.3, -0.25) is 0 Å². The number of anilines is 1. The van der Waals surface area contributed by atoms with E-state index in [-0.39, 0.29) is 5.82 Å². The zero-order valence-electron chi connectivity index (χ0n) is 9.59. The van der Waals surface area contributed by atoms with Gasteiger partial charge in [0.25, 0.3) is 0 Å². The van der Waals surface area contributed by atoms with Crippen molar-refractivity contribution < 1.29 is 9.13 Å². The predicted octanol–water partition coefficient (Wildman–Crippen LogP) is 2.74. The van der Waals surface area contributed by atoms with Crippen LogP contribution in [-0.2, 0) is 6.42 Å². The number of pyridine rings is 1.